The van der Waals surface area contributed by atoms with Crippen molar-refractivity contribution in [2.75, 3.05) is 40.4 Å². The zero-order valence-corrected chi connectivity index (χ0v) is 66.6. The Morgan fingerprint density at radius 1 is 0.454 bits per heavy atom. The van der Waals surface area contributed by atoms with Crippen molar-refractivity contribution in [3.8, 4) is 47.4 Å². The number of aliphatic imine (C=N–C) groups is 1. The molecule has 0 radical (unpaired) electrons. The van der Waals surface area contributed by atoms with E-state index in [9.17, 15) is 33.0 Å². The van der Waals surface area contributed by atoms with E-state index in [1.54, 1.807) is 36.4 Å². The number of nitrogens with zero attached hydrogens (tertiary/aromatic N) is 3. The van der Waals surface area contributed by atoms with Crippen LogP contribution in [0.25, 0.3) is 0 Å². The number of carbonyl (C=O) groups is 6. The van der Waals surface area contributed by atoms with Gasteiger partial charge in [0.2, 0.25) is 17.0 Å². The summed E-state index contributed by atoms with van der Waals surface area (Å²) in [5.41, 5.74) is -2.65. The maximum Gasteiger partial charge on any atom is 0.354 e. The highest BCUT2D eigenvalue weighted by molar-refractivity contribution is 7.84. The van der Waals surface area contributed by atoms with Crippen LogP contribution in [-0.4, -0.2) is 128 Å². The van der Waals surface area contributed by atoms with E-state index < -0.39 is 71.5 Å². The predicted molar refractivity (Wildman–Crippen MR) is 432 cm³/mol. The quantitative estimate of drug-likeness (QED) is 0.0751. The van der Waals surface area contributed by atoms with Crippen LogP contribution in [0.3, 0.4) is 0 Å². The predicted octanol–water partition coefficient (Wildman–Crippen LogP) is 14.2. The summed E-state index contributed by atoms with van der Waals surface area (Å²) in [6, 6.07) is 65.2. The number of rotatable bonds is 10. The molecule has 7 aromatic rings. The largest absolute Gasteiger partial charge is 0.467 e. The van der Waals surface area contributed by atoms with E-state index in [0.29, 0.717) is 30.1 Å². The normalized spacial score (nSPS) is 16.4. The van der Waals surface area contributed by atoms with Gasteiger partial charge in [-0.3, -0.25) is 19.2 Å². The van der Waals surface area contributed by atoms with E-state index in [4.69, 9.17) is 14.6 Å². The van der Waals surface area contributed by atoms with Gasteiger partial charge < -0.3 is 35.0 Å². The summed E-state index contributed by atoms with van der Waals surface area (Å²) in [7, 11) is 0.862. The Hall–Kier alpha value is -10.7. The lowest BCUT2D eigenvalue weighted by Crippen LogP contribution is -2.65. The minimum absolute atomic E-state index is 0.0754. The first-order valence-electron chi connectivity index (χ1n) is 36.3. The zero-order chi connectivity index (χ0) is 79.6. The van der Waals surface area contributed by atoms with Crippen molar-refractivity contribution in [2.24, 2.45) is 26.7 Å². The number of benzene rings is 7. The Morgan fingerprint density at radius 2 is 0.759 bits per heavy atom. The Kier molecular flexibility index (Phi) is 30.5. The number of esters is 2. The van der Waals surface area contributed by atoms with E-state index in [1.165, 1.54) is 7.11 Å². The Labute approximate surface area is 643 Å². The number of ether oxygens (including phenoxy) is 2. The van der Waals surface area contributed by atoms with Gasteiger partial charge in [0.05, 0.1) is 22.8 Å². The minimum Gasteiger partial charge on any atom is -0.467 e. The molecule has 0 aromatic heterocycles. The molecule has 7 aromatic carbocycles. The van der Waals surface area contributed by atoms with Gasteiger partial charge in [-0.15, -0.1) is 0 Å². The summed E-state index contributed by atoms with van der Waals surface area (Å²) >= 11 is 0. The number of aliphatic hydroxyl groups excluding tert-OH is 1. The van der Waals surface area contributed by atoms with Crippen molar-refractivity contribution in [3.05, 3.63) is 251 Å². The molecule has 566 valence electrons. The molecule has 2 saturated heterocycles. The molecule has 3 aliphatic rings. The molecule has 5 atom stereocenters. The number of nitrogens with one attached hydrogen (secondary N) is 3. The number of hydrogen-bond acceptors (Lipinski definition) is 11. The molecular formula is C91H106N6O10S. The van der Waals surface area contributed by atoms with Crippen molar-refractivity contribution in [3.63, 3.8) is 0 Å². The van der Waals surface area contributed by atoms with Crippen molar-refractivity contribution in [1.29, 1.82) is 0 Å². The van der Waals surface area contributed by atoms with Crippen LogP contribution in [0.15, 0.2) is 217 Å². The maximum atomic E-state index is 13.7. The molecule has 4 N–H and O–H groups in total. The van der Waals surface area contributed by atoms with Crippen molar-refractivity contribution in [1.82, 2.24) is 25.2 Å². The summed E-state index contributed by atoms with van der Waals surface area (Å²) < 4.78 is 26.2. The molecule has 0 aliphatic carbocycles. The van der Waals surface area contributed by atoms with Gasteiger partial charge in [0, 0.05) is 93.9 Å². The lowest BCUT2D eigenvalue weighted by Gasteiger charge is -2.42. The molecule has 16 nitrogen and oxygen atoms in total. The van der Waals surface area contributed by atoms with Crippen molar-refractivity contribution in [2.45, 2.75) is 156 Å². The first-order chi connectivity index (χ1) is 51.0. The first kappa shape index (κ1) is 86.3. The van der Waals surface area contributed by atoms with Crippen LogP contribution >= 0.6 is 0 Å². The highest BCUT2D eigenvalue weighted by atomic mass is 32.2. The summed E-state index contributed by atoms with van der Waals surface area (Å²) in [5.74, 6) is 23.3. The Balaban J connectivity index is 0.000000224. The molecule has 0 saturated carbocycles. The minimum atomic E-state index is -1.50. The molecule has 3 heterocycles. The van der Waals surface area contributed by atoms with Crippen LogP contribution in [0, 0.1) is 69.0 Å². The molecule has 108 heavy (non-hydrogen) atoms. The van der Waals surface area contributed by atoms with Crippen molar-refractivity contribution >= 4 is 52.5 Å². The fourth-order valence-electron chi connectivity index (χ4n) is 11.4. The molecule has 0 bridgehead atoms. The molecule has 0 unspecified atom stereocenters. The molecule has 0 spiro atoms. The third kappa shape index (κ3) is 22.2. The van der Waals surface area contributed by atoms with Crippen LogP contribution in [0.2, 0.25) is 0 Å². The van der Waals surface area contributed by atoms with Gasteiger partial charge in [-0.1, -0.05) is 258 Å². The summed E-state index contributed by atoms with van der Waals surface area (Å²) in [6.07, 6.45) is 3.95. The molecule has 3 aliphatic heterocycles. The van der Waals surface area contributed by atoms with Gasteiger partial charge in [-0.05, 0) is 131 Å². The van der Waals surface area contributed by atoms with Gasteiger partial charge in [0.25, 0.3) is 23.6 Å². The van der Waals surface area contributed by atoms with Crippen LogP contribution < -0.4 is 15.4 Å². The molecular weight excluding hydrogens is 1370 g/mol. The van der Waals surface area contributed by atoms with Crippen molar-refractivity contribution < 1.29 is 47.6 Å². The van der Waals surface area contributed by atoms with E-state index in [-0.39, 0.29) is 23.6 Å². The lowest BCUT2D eigenvalue weighted by molar-refractivity contribution is -0.149. The van der Waals surface area contributed by atoms with E-state index in [0.717, 1.165) is 73.7 Å². The summed E-state index contributed by atoms with van der Waals surface area (Å²) in [5, 5.41) is 12.9. The second kappa shape index (κ2) is 38.2. The molecule has 2 fully saturated rings. The molecule has 17 heteroatoms. The molecule has 4 amide bonds. The lowest BCUT2D eigenvalue weighted by atomic mass is 9.72. The monoisotopic (exact) mass is 1470 g/mol. The number of likely N-dealkylation sites (tertiary alicyclic amines) is 2. The number of hydrogen-bond donors (Lipinski definition) is 4. The molecule has 10 rings (SSSR count). The number of carbonyl (C=O) groups excluding carboxylic acids is 6. The second-order valence-electron chi connectivity index (χ2n) is 31.2. The average molecular weight is 1480 g/mol. The van der Waals surface area contributed by atoms with Crippen LogP contribution in [0.5, 0.6) is 0 Å². The van der Waals surface area contributed by atoms with Gasteiger partial charge in [-0.2, -0.15) is 0 Å². The standard InChI is InChI=1S/C25H28N2O2.C22H32N2O2S.C22H23NO3.C21H19NO2.CH4O/c1-24(2,3)25(23(29)27-18-10-11-19-27,17-16-20-12-6-4-7-13-20)26-22(28)21-14-8-5-9-15-21;1-20(2,3)22(23-27(26)21(4,5)6,19(25)24-16-10-11-17-24)15-14-18-12-8-7-9-13-18;1-21(2,3)22(20(25)26-4,16-15-17-11-7-5-8-12-17)23-19(24)18-13-9-6-10-14-18;1-20(2,3)21(15-14-16-10-6-4-7-11-16)19(23)24-18(22-21)17-12-8-5-9-13-17;1-2/h4-9,12-15H,10-11,18-19H2,1-3H3,(H,26,28);7-9,12-13,23H,10-11,16-17H2,1-6H3;5-14H,1-4H3,(H,23,24);4-13H,1-3H3;2H,1H3/t25-;22-,27+;22-;21-;/m1111./s1. The number of aliphatic hydroxyl groups is 1. The third-order valence-corrected chi connectivity index (χ3v) is 19.9. The van der Waals surface area contributed by atoms with E-state index in [2.05, 4.69) is 67.7 Å². The van der Waals surface area contributed by atoms with Gasteiger partial charge in [-0.25, -0.2) is 23.5 Å². The van der Waals surface area contributed by atoms with Gasteiger partial charge in [0.1, 0.15) is 0 Å². The maximum absolute atomic E-state index is 13.7. The number of cyclic esters (lactones) is 1. The number of amides is 4. The third-order valence-electron chi connectivity index (χ3n) is 18.3. The Bertz CT molecular complexity index is 4490. The summed E-state index contributed by atoms with van der Waals surface area (Å²) in [4.78, 5) is 86.9. The SMILES string of the molecule is CC(C)(C)[C@](C#Cc1ccccc1)(NC(=O)c1ccccc1)C(=O)N1CCCC1.CC(C)(C)[C@]1(C#Cc2ccccc2)N=C(c2ccccc2)OC1=O.CC(C)(C)[S@](=O)N[C@](C#Cc1ccccc1)(C(=O)N1CCCC1)C(C)(C)C.CO.COC(=O)[C@@](C#Cc1ccccc1)(NC(=O)c1ccccc1)C(C)(C)C. The van der Waals surface area contributed by atoms with Crippen LogP contribution in [0.4, 0.5) is 0 Å². The Morgan fingerprint density at radius 3 is 1.09 bits per heavy atom. The fourth-order valence-corrected chi connectivity index (χ4v) is 12.5. The average Bonchev–Trinajstić information content (AvgIpc) is 1.56. The van der Waals surface area contributed by atoms with E-state index >= 15 is 0 Å². The first-order valence-corrected chi connectivity index (χ1v) is 37.5. The second-order valence-corrected chi connectivity index (χ2v) is 33.2. The number of methoxy groups -OCH3 is 1. The fraction of sp³-hybridized carbons (Fsp3) is 0.374. The van der Waals surface area contributed by atoms with Crippen LogP contribution in [0.1, 0.15) is 178 Å². The zero-order valence-electron chi connectivity index (χ0n) is 65.7. The highest BCUT2D eigenvalue weighted by Gasteiger charge is 2.56. The van der Waals surface area contributed by atoms with Gasteiger partial charge >= 0.3 is 11.9 Å². The van der Waals surface area contributed by atoms with Gasteiger partial charge in [0.15, 0.2) is 11.1 Å². The topological polar surface area (TPSA) is 213 Å². The van der Waals surface area contributed by atoms with E-state index in [1.807, 2.05) is 290 Å². The smallest absolute Gasteiger partial charge is 0.354 e. The summed E-state index contributed by atoms with van der Waals surface area (Å²) in [6.45, 7) is 31.7. The van der Waals surface area contributed by atoms with Crippen LogP contribution in [-0.2, 0) is 39.6 Å². The highest BCUT2D eigenvalue weighted by Crippen LogP contribution is 2.40.